The van der Waals surface area contributed by atoms with Crippen LogP contribution in [0.2, 0.25) is 0 Å². The number of unbranched alkanes of at least 4 members (excludes halogenated alkanes) is 4. The maximum absolute atomic E-state index is 14.5. The lowest BCUT2D eigenvalue weighted by molar-refractivity contribution is -0.141. The minimum atomic E-state index is -1.32. The van der Waals surface area contributed by atoms with E-state index in [0.717, 1.165) is 49.5 Å². The van der Waals surface area contributed by atoms with Gasteiger partial charge in [-0.05, 0) is 49.9 Å². The predicted molar refractivity (Wildman–Crippen MR) is 165 cm³/mol. The highest BCUT2D eigenvalue weighted by Crippen LogP contribution is 2.41. The standard InChI is InChI=1S/C34H47N3O4/c1-7-9-11-15-22-34(35-26(4)38,33(40)36(5)23-10-8-2)32-25(3)37(30-20-19-28(41-6)24-29(30)32)31(39)21-18-27-16-13-12-14-17-27/h12-14,16-17,19-20,24H,7-11,15,18,21-23H2,1-6H3,(H,35,38). The largest absolute Gasteiger partial charge is 0.497 e. The number of carbonyl (C=O) groups excluding carboxylic acids is 3. The van der Waals surface area contributed by atoms with Gasteiger partial charge in [0.2, 0.25) is 11.8 Å². The van der Waals surface area contributed by atoms with Crippen LogP contribution >= 0.6 is 0 Å². The summed E-state index contributed by atoms with van der Waals surface area (Å²) in [5, 5.41) is 3.88. The molecule has 222 valence electrons. The Morgan fingerprint density at radius 2 is 1.68 bits per heavy atom. The Morgan fingerprint density at radius 3 is 2.32 bits per heavy atom. The summed E-state index contributed by atoms with van der Waals surface area (Å²) < 4.78 is 7.31. The number of fused-ring (bicyclic) bond motifs is 1. The zero-order valence-corrected chi connectivity index (χ0v) is 25.7. The van der Waals surface area contributed by atoms with E-state index in [1.165, 1.54) is 6.92 Å². The maximum Gasteiger partial charge on any atom is 0.252 e. The summed E-state index contributed by atoms with van der Waals surface area (Å²) >= 11 is 0. The topological polar surface area (TPSA) is 80.6 Å². The molecule has 1 N–H and O–H groups in total. The number of carbonyl (C=O) groups is 3. The summed E-state index contributed by atoms with van der Waals surface area (Å²) in [5.74, 6) is 0.139. The number of nitrogens with one attached hydrogen (secondary N) is 1. The van der Waals surface area contributed by atoms with Crippen molar-refractivity contribution in [3.63, 3.8) is 0 Å². The molecule has 0 saturated carbocycles. The summed E-state index contributed by atoms with van der Waals surface area (Å²) in [4.78, 5) is 42.9. The number of ether oxygens (including phenoxy) is 1. The fourth-order valence-corrected chi connectivity index (χ4v) is 5.85. The van der Waals surface area contributed by atoms with Crippen LogP contribution in [0.15, 0.2) is 48.5 Å². The second kappa shape index (κ2) is 14.9. The van der Waals surface area contributed by atoms with Crippen molar-refractivity contribution in [3.8, 4) is 5.75 Å². The van der Waals surface area contributed by atoms with Gasteiger partial charge in [0.25, 0.3) is 5.91 Å². The minimum Gasteiger partial charge on any atom is -0.497 e. The summed E-state index contributed by atoms with van der Waals surface area (Å²) in [5.41, 5.74) is 1.84. The fraction of sp³-hybridized carbons (Fsp3) is 0.500. The van der Waals surface area contributed by atoms with Crippen LogP contribution in [-0.2, 0) is 21.5 Å². The Balaban J connectivity index is 2.25. The van der Waals surface area contributed by atoms with Gasteiger partial charge in [0.1, 0.15) is 11.3 Å². The van der Waals surface area contributed by atoms with Gasteiger partial charge in [0.05, 0.1) is 12.6 Å². The molecule has 2 amide bonds. The summed E-state index contributed by atoms with van der Waals surface area (Å²) in [6.45, 7) is 8.18. The number of aryl methyl sites for hydroxylation is 1. The maximum atomic E-state index is 14.5. The molecule has 41 heavy (non-hydrogen) atoms. The Hall–Kier alpha value is -3.61. The van der Waals surface area contributed by atoms with Gasteiger partial charge in [0, 0.05) is 43.6 Å². The van der Waals surface area contributed by atoms with Gasteiger partial charge >= 0.3 is 0 Å². The number of nitrogens with zero attached hydrogens (tertiary/aromatic N) is 2. The van der Waals surface area contributed by atoms with Gasteiger partial charge < -0.3 is 15.0 Å². The molecule has 7 heteroatoms. The number of hydrogen-bond donors (Lipinski definition) is 1. The number of aromatic nitrogens is 1. The first-order chi connectivity index (χ1) is 19.7. The molecule has 0 aliphatic carbocycles. The van der Waals surface area contributed by atoms with Crippen molar-refractivity contribution in [2.75, 3.05) is 20.7 Å². The monoisotopic (exact) mass is 561 g/mol. The number of amides is 2. The van der Waals surface area contributed by atoms with Crippen LogP contribution in [0, 0.1) is 6.92 Å². The molecule has 0 aliphatic rings. The summed E-state index contributed by atoms with van der Waals surface area (Å²) in [6, 6.07) is 15.6. The molecule has 1 heterocycles. The van der Waals surface area contributed by atoms with Crippen molar-refractivity contribution < 1.29 is 19.1 Å². The fourth-order valence-electron chi connectivity index (χ4n) is 5.85. The van der Waals surface area contributed by atoms with Crippen molar-refractivity contribution in [1.82, 2.24) is 14.8 Å². The lowest BCUT2D eigenvalue weighted by Gasteiger charge is -2.37. The molecule has 0 bridgehead atoms. The average Bonchev–Trinajstić information content (AvgIpc) is 3.27. The van der Waals surface area contributed by atoms with E-state index in [0.29, 0.717) is 48.3 Å². The van der Waals surface area contributed by atoms with Crippen LogP contribution in [-0.4, -0.2) is 47.9 Å². The van der Waals surface area contributed by atoms with Crippen molar-refractivity contribution in [2.45, 2.75) is 91.0 Å². The summed E-state index contributed by atoms with van der Waals surface area (Å²) in [6.07, 6.45) is 6.99. The predicted octanol–water partition coefficient (Wildman–Crippen LogP) is 6.79. The first-order valence-corrected chi connectivity index (χ1v) is 15.0. The quantitative estimate of drug-likeness (QED) is 0.207. The van der Waals surface area contributed by atoms with E-state index in [9.17, 15) is 14.4 Å². The lowest BCUT2D eigenvalue weighted by atomic mass is 9.81. The van der Waals surface area contributed by atoms with E-state index < -0.39 is 5.54 Å². The third-order valence-corrected chi connectivity index (χ3v) is 7.91. The molecule has 3 aromatic rings. The Bertz CT molecular complexity index is 1330. The molecule has 3 rings (SSSR count). The van der Waals surface area contributed by atoms with Gasteiger partial charge in [-0.25, -0.2) is 0 Å². The van der Waals surface area contributed by atoms with Crippen molar-refractivity contribution in [1.29, 1.82) is 0 Å². The van der Waals surface area contributed by atoms with E-state index in [4.69, 9.17) is 4.74 Å². The second-order valence-electron chi connectivity index (χ2n) is 11.0. The SMILES string of the molecule is CCCCCCC(NC(C)=O)(C(=O)N(C)CCCC)c1c(C)n(C(=O)CCc2ccccc2)c2ccc(OC)cc12. The van der Waals surface area contributed by atoms with E-state index in [1.54, 1.807) is 23.6 Å². The Morgan fingerprint density at radius 1 is 0.976 bits per heavy atom. The highest BCUT2D eigenvalue weighted by Gasteiger charge is 2.46. The van der Waals surface area contributed by atoms with Crippen molar-refractivity contribution >= 4 is 28.6 Å². The van der Waals surface area contributed by atoms with Crippen molar-refractivity contribution in [2.24, 2.45) is 0 Å². The van der Waals surface area contributed by atoms with Crippen LogP contribution < -0.4 is 10.1 Å². The van der Waals surface area contributed by atoms with Crippen LogP contribution in [0.1, 0.15) is 93.8 Å². The number of rotatable bonds is 15. The molecule has 1 unspecified atom stereocenters. The molecule has 0 radical (unpaired) electrons. The van der Waals surface area contributed by atoms with Crippen LogP contribution in [0.3, 0.4) is 0 Å². The molecule has 1 aromatic heterocycles. The number of benzene rings is 2. The van der Waals surface area contributed by atoms with Gasteiger partial charge in [-0.3, -0.25) is 19.0 Å². The first kappa shape index (κ1) is 31.9. The van der Waals surface area contributed by atoms with E-state index in [2.05, 4.69) is 19.2 Å². The third-order valence-electron chi connectivity index (χ3n) is 7.91. The van der Waals surface area contributed by atoms with Crippen LogP contribution in [0.25, 0.3) is 10.9 Å². The minimum absolute atomic E-state index is 0.0535. The van der Waals surface area contributed by atoms with Gasteiger partial charge in [-0.15, -0.1) is 0 Å². The van der Waals surface area contributed by atoms with E-state index in [1.807, 2.05) is 55.5 Å². The van der Waals surface area contributed by atoms with Crippen molar-refractivity contribution in [3.05, 3.63) is 65.4 Å². The molecule has 0 fully saturated rings. The molecule has 7 nitrogen and oxygen atoms in total. The first-order valence-electron chi connectivity index (χ1n) is 15.0. The molecule has 0 spiro atoms. The zero-order chi connectivity index (χ0) is 30.0. The molecular formula is C34H47N3O4. The van der Waals surface area contributed by atoms with Crippen LogP contribution in [0.4, 0.5) is 0 Å². The van der Waals surface area contributed by atoms with Gasteiger partial charge in [-0.2, -0.15) is 0 Å². The van der Waals surface area contributed by atoms with E-state index in [-0.39, 0.29) is 17.7 Å². The highest BCUT2D eigenvalue weighted by atomic mass is 16.5. The average molecular weight is 562 g/mol. The Kier molecular flexibility index (Phi) is 11.6. The molecule has 0 aliphatic heterocycles. The van der Waals surface area contributed by atoms with E-state index >= 15 is 0 Å². The summed E-state index contributed by atoms with van der Waals surface area (Å²) in [7, 11) is 3.41. The molecular weight excluding hydrogens is 514 g/mol. The normalized spacial score (nSPS) is 12.6. The molecule has 2 aromatic carbocycles. The smallest absolute Gasteiger partial charge is 0.252 e. The lowest BCUT2D eigenvalue weighted by Crippen LogP contribution is -2.56. The number of methoxy groups -OCH3 is 1. The molecule has 0 saturated heterocycles. The van der Waals surface area contributed by atoms with Gasteiger partial charge in [-0.1, -0.05) is 76.3 Å². The number of likely N-dealkylation sites (N-methyl/N-ethyl adjacent to an activating group) is 1. The molecule has 1 atom stereocenters. The van der Waals surface area contributed by atoms with Gasteiger partial charge in [0.15, 0.2) is 0 Å². The highest BCUT2D eigenvalue weighted by molar-refractivity contribution is 6.02. The zero-order valence-electron chi connectivity index (χ0n) is 25.7. The second-order valence-corrected chi connectivity index (χ2v) is 11.0. The Labute approximate surface area is 245 Å². The number of hydrogen-bond acceptors (Lipinski definition) is 4. The van der Waals surface area contributed by atoms with Crippen LogP contribution in [0.5, 0.6) is 5.75 Å². The third kappa shape index (κ3) is 7.38.